The fourth-order valence-electron chi connectivity index (χ4n) is 4.19. The van der Waals surface area contributed by atoms with Crippen molar-refractivity contribution >= 4 is 5.96 Å². The second kappa shape index (κ2) is 11.4. The topological polar surface area (TPSA) is 85.6 Å². The molecule has 1 unspecified atom stereocenters. The lowest BCUT2D eigenvalue weighted by atomic mass is 10.1. The number of nitrogens with one attached hydrogen (secondary N) is 2. The molecule has 0 saturated carbocycles. The van der Waals surface area contributed by atoms with Crippen LogP contribution in [-0.2, 0) is 42.0 Å². The molecule has 1 saturated heterocycles. The quantitative estimate of drug-likeness (QED) is 0.485. The highest BCUT2D eigenvalue weighted by molar-refractivity contribution is 5.80. The summed E-state index contributed by atoms with van der Waals surface area (Å²) in [7, 11) is 0. The number of rotatable bonds is 8. The van der Waals surface area contributed by atoms with Crippen molar-refractivity contribution in [3.8, 4) is 0 Å². The molecule has 0 radical (unpaired) electrons. The van der Waals surface area contributed by atoms with Gasteiger partial charge in [-0.25, -0.2) is 14.7 Å². The third-order valence-electron chi connectivity index (χ3n) is 5.97. The summed E-state index contributed by atoms with van der Waals surface area (Å²) in [5.74, 6) is 2.88. The van der Waals surface area contributed by atoms with E-state index in [0.29, 0.717) is 25.3 Å². The molecule has 2 N–H and O–H groups in total. The summed E-state index contributed by atoms with van der Waals surface area (Å²) in [5.41, 5.74) is 2.38. The number of aromatic nitrogens is 3. The standard InChI is InChI=1S/C24H36N6O2/c1-3-22-28-23-9-8-20(16-30(23)29-22)27-24(25-4-2)26-15-18-6-5-7-19(14-18)17-32-21-10-12-31-13-11-21/h5-7,14,20-21H,3-4,8-13,15-17H2,1-2H3,(H2,25,26,27). The summed E-state index contributed by atoms with van der Waals surface area (Å²) >= 11 is 0. The Balaban J connectivity index is 1.32. The largest absolute Gasteiger partial charge is 0.381 e. The minimum Gasteiger partial charge on any atom is -0.381 e. The highest BCUT2D eigenvalue weighted by atomic mass is 16.5. The van der Waals surface area contributed by atoms with E-state index in [1.165, 1.54) is 11.1 Å². The maximum absolute atomic E-state index is 6.07. The number of guanidine groups is 1. The number of aryl methyl sites for hydroxylation is 2. The Morgan fingerprint density at radius 3 is 2.88 bits per heavy atom. The van der Waals surface area contributed by atoms with Crippen LogP contribution in [0.15, 0.2) is 29.3 Å². The van der Waals surface area contributed by atoms with Gasteiger partial charge in [0, 0.05) is 38.6 Å². The lowest BCUT2D eigenvalue weighted by Crippen LogP contribution is -2.47. The van der Waals surface area contributed by atoms with Crippen molar-refractivity contribution in [2.75, 3.05) is 19.8 Å². The summed E-state index contributed by atoms with van der Waals surface area (Å²) in [5, 5.41) is 11.6. The van der Waals surface area contributed by atoms with E-state index in [-0.39, 0.29) is 0 Å². The van der Waals surface area contributed by atoms with Crippen LogP contribution in [0.3, 0.4) is 0 Å². The Bertz CT molecular complexity index is 890. The second-order valence-electron chi connectivity index (χ2n) is 8.50. The van der Waals surface area contributed by atoms with Crippen LogP contribution in [-0.4, -0.2) is 52.6 Å². The van der Waals surface area contributed by atoms with Crippen molar-refractivity contribution in [3.63, 3.8) is 0 Å². The molecule has 2 aliphatic heterocycles. The van der Waals surface area contributed by atoms with Crippen LogP contribution in [0.25, 0.3) is 0 Å². The monoisotopic (exact) mass is 440 g/mol. The van der Waals surface area contributed by atoms with Crippen LogP contribution in [0.1, 0.15) is 55.9 Å². The van der Waals surface area contributed by atoms with Gasteiger partial charge in [0.05, 0.1) is 25.8 Å². The molecule has 2 aliphatic rings. The van der Waals surface area contributed by atoms with Crippen molar-refractivity contribution in [3.05, 3.63) is 47.0 Å². The lowest BCUT2D eigenvalue weighted by molar-refractivity contribution is -0.0390. The molecule has 1 aromatic heterocycles. The van der Waals surface area contributed by atoms with Crippen molar-refractivity contribution in [1.82, 2.24) is 25.4 Å². The molecule has 32 heavy (non-hydrogen) atoms. The first kappa shape index (κ1) is 22.7. The molecule has 2 aromatic rings. The summed E-state index contributed by atoms with van der Waals surface area (Å²) in [6.45, 7) is 8.72. The number of aliphatic imine (C=N–C) groups is 1. The van der Waals surface area contributed by atoms with Crippen LogP contribution in [0, 0.1) is 0 Å². The third kappa shape index (κ3) is 6.29. The average Bonchev–Trinajstić information content (AvgIpc) is 3.25. The summed E-state index contributed by atoms with van der Waals surface area (Å²) < 4.78 is 13.5. The van der Waals surface area contributed by atoms with Crippen molar-refractivity contribution < 1.29 is 9.47 Å². The zero-order valence-electron chi connectivity index (χ0n) is 19.3. The van der Waals surface area contributed by atoms with Gasteiger partial charge >= 0.3 is 0 Å². The number of ether oxygens (including phenoxy) is 2. The predicted octanol–water partition coefficient (Wildman–Crippen LogP) is 2.61. The van der Waals surface area contributed by atoms with Gasteiger partial charge in [0.25, 0.3) is 0 Å². The van der Waals surface area contributed by atoms with Crippen LogP contribution in [0.2, 0.25) is 0 Å². The second-order valence-corrected chi connectivity index (χ2v) is 8.50. The van der Waals surface area contributed by atoms with Gasteiger partial charge < -0.3 is 20.1 Å². The van der Waals surface area contributed by atoms with Gasteiger partial charge in [-0.05, 0) is 37.3 Å². The molecule has 1 atom stereocenters. The van der Waals surface area contributed by atoms with Gasteiger partial charge in [-0.1, -0.05) is 31.2 Å². The molecule has 0 bridgehead atoms. The normalized spacial score (nSPS) is 19.6. The van der Waals surface area contributed by atoms with Gasteiger partial charge in [0.15, 0.2) is 11.8 Å². The Morgan fingerprint density at radius 2 is 2.06 bits per heavy atom. The van der Waals surface area contributed by atoms with Crippen LogP contribution >= 0.6 is 0 Å². The van der Waals surface area contributed by atoms with E-state index < -0.39 is 0 Å². The number of nitrogens with zero attached hydrogens (tertiary/aromatic N) is 4. The molecule has 8 heteroatoms. The van der Waals surface area contributed by atoms with Gasteiger partial charge in [-0.2, -0.15) is 5.10 Å². The summed E-state index contributed by atoms with van der Waals surface area (Å²) in [6.07, 6.45) is 5.13. The van der Waals surface area contributed by atoms with E-state index >= 15 is 0 Å². The Labute approximate surface area is 190 Å². The number of fused-ring (bicyclic) bond motifs is 1. The molecule has 174 valence electrons. The summed E-state index contributed by atoms with van der Waals surface area (Å²) in [4.78, 5) is 9.45. The molecule has 1 aromatic carbocycles. The molecule has 3 heterocycles. The first-order valence-electron chi connectivity index (χ1n) is 12.0. The van der Waals surface area contributed by atoms with E-state index in [0.717, 1.165) is 76.0 Å². The highest BCUT2D eigenvalue weighted by Crippen LogP contribution is 2.15. The molecule has 4 rings (SSSR count). The molecular formula is C24H36N6O2. The number of hydrogen-bond donors (Lipinski definition) is 2. The van der Waals surface area contributed by atoms with Gasteiger partial charge in [0.2, 0.25) is 0 Å². The van der Waals surface area contributed by atoms with Gasteiger partial charge in [-0.15, -0.1) is 0 Å². The molecule has 0 spiro atoms. The van der Waals surface area contributed by atoms with Crippen LogP contribution in [0.5, 0.6) is 0 Å². The molecule has 1 fully saturated rings. The maximum atomic E-state index is 6.07. The average molecular weight is 441 g/mol. The van der Waals surface area contributed by atoms with Crippen molar-refractivity contribution in [1.29, 1.82) is 0 Å². The Morgan fingerprint density at radius 1 is 1.22 bits per heavy atom. The van der Waals surface area contributed by atoms with E-state index in [9.17, 15) is 0 Å². The SMILES string of the molecule is CCNC(=NCc1cccc(COC2CCOCC2)c1)NC1CCc2nc(CC)nn2C1. The molecule has 8 nitrogen and oxygen atoms in total. The zero-order valence-corrected chi connectivity index (χ0v) is 19.3. The minimum atomic E-state index is 0.297. The Hall–Kier alpha value is -2.45. The van der Waals surface area contributed by atoms with Gasteiger partial charge in [0.1, 0.15) is 5.82 Å². The van der Waals surface area contributed by atoms with E-state index in [1.54, 1.807) is 0 Å². The van der Waals surface area contributed by atoms with Crippen LogP contribution in [0.4, 0.5) is 0 Å². The maximum Gasteiger partial charge on any atom is 0.191 e. The van der Waals surface area contributed by atoms with Crippen molar-refractivity contribution in [2.24, 2.45) is 4.99 Å². The first-order valence-corrected chi connectivity index (χ1v) is 12.0. The van der Waals surface area contributed by atoms with Crippen LogP contribution < -0.4 is 10.6 Å². The van der Waals surface area contributed by atoms with Crippen molar-refractivity contribution in [2.45, 2.75) is 77.8 Å². The zero-order chi connectivity index (χ0) is 22.2. The fraction of sp³-hybridized carbons (Fsp3) is 0.625. The molecular weight excluding hydrogens is 404 g/mol. The third-order valence-corrected chi connectivity index (χ3v) is 5.97. The van der Waals surface area contributed by atoms with Gasteiger partial charge in [-0.3, -0.25) is 0 Å². The van der Waals surface area contributed by atoms with E-state index in [2.05, 4.69) is 58.8 Å². The highest BCUT2D eigenvalue weighted by Gasteiger charge is 2.22. The van der Waals surface area contributed by atoms with E-state index in [4.69, 9.17) is 14.5 Å². The molecule has 0 amide bonds. The smallest absolute Gasteiger partial charge is 0.191 e. The number of benzene rings is 1. The summed E-state index contributed by atoms with van der Waals surface area (Å²) in [6, 6.07) is 8.83. The Kier molecular flexibility index (Phi) is 8.12. The first-order chi connectivity index (χ1) is 15.7. The van der Waals surface area contributed by atoms with E-state index in [1.807, 2.05) is 4.68 Å². The lowest BCUT2D eigenvalue weighted by Gasteiger charge is -2.25. The minimum absolute atomic E-state index is 0.297. The molecule has 0 aliphatic carbocycles. The predicted molar refractivity (Wildman–Crippen MR) is 125 cm³/mol. The number of hydrogen-bond acceptors (Lipinski definition) is 5. The fourth-order valence-corrected chi connectivity index (χ4v) is 4.19.